The Kier molecular flexibility index (Phi) is 4.32. The predicted molar refractivity (Wildman–Crippen MR) is 109 cm³/mol. The van der Waals surface area contributed by atoms with Crippen LogP contribution in [0.25, 0.3) is 0 Å². The van der Waals surface area contributed by atoms with E-state index in [1.54, 1.807) is 0 Å². The lowest BCUT2D eigenvalue weighted by Crippen LogP contribution is -2.73. The van der Waals surface area contributed by atoms with Gasteiger partial charge < -0.3 is 20.4 Å². The van der Waals surface area contributed by atoms with E-state index in [-0.39, 0.29) is 23.3 Å². The van der Waals surface area contributed by atoms with E-state index in [1.165, 1.54) is 11.3 Å². The number of nitrogens with one attached hydrogen (secondary N) is 2. The summed E-state index contributed by atoms with van der Waals surface area (Å²) in [5.41, 5.74) is 0.218. The first-order valence-electron chi connectivity index (χ1n) is 9.71. The standard InChI is InChI=1S/C20H23N5O2S/c26-18(14-4-3-9-21-14)23-17-7-6-15(28-17)19(27)25-12-20(13-25)10-24(11-20)16-5-1-2-8-22-16/h1-2,5-8,14,21H,3-4,9-13H2,(H,23,26). The molecule has 1 spiro atoms. The maximum Gasteiger partial charge on any atom is 0.264 e. The number of hydrogen-bond acceptors (Lipinski definition) is 6. The fourth-order valence-electron chi connectivity index (χ4n) is 4.37. The van der Waals surface area contributed by atoms with Crippen LogP contribution < -0.4 is 15.5 Å². The molecule has 146 valence electrons. The van der Waals surface area contributed by atoms with Crippen molar-refractivity contribution in [3.05, 3.63) is 41.4 Å². The highest BCUT2D eigenvalue weighted by molar-refractivity contribution is 7.18. The number of pyridine rings is 1. The number of carbonyl (C=O) groups excluding carboxylic acids is 2. The highest BCUT2D eigenvalue weighted by Crippen LogP contribution is 2.42. The van der Waals surface area contributed by atoms with Crippen molar-refractivity contribution in [3.8, 4) is 0 Å². The Bertz CT molecular complexity index is 879. The van der Waals surface area contributed by atoms with Crippen LogP contribution in [0.2, 0.25) is 0 Å². The Hall–Kier alpha value is -2.45. The number of nitrogens with zero attached hydrogens (tertiary/aromatic N) is 3. The Labute approximate surface area is 167 Å². The van der Waals surface area contributed by atoms with Gasteiger partial charge in [-0.05, 0) is 43.7 Å². The fraction of sp³-hybridized carbons (Fsp3) is 0.450. The number of anilines is 2. The molecule has 0 bridgehead atoms. The molecule has 3 fully saturated rings. The average Bonchev–Trinajstić information content (AvgIpc) is 3.32. The Morgan fingerprint density at radius 2 is 2.04 bits per heavy atom. The number of thiophene rings is 1. The number of amides is 2. The van der Waals surface area contributed by atoms with Crippen LogP contribution in [0.15, 0.2) is 36.5 Å². The number of aromatic nitrogens is 1. The second kappa shape index (κ2) is 6.86. The number of hydrogen-bond donors (Lipinski definition) is 2. The van der Waals surface area contributed by atoms with E-state index >= 15 is 0 Å². The van der Waals surface area contributed by atoms with E-state index in [9.17, 15) is 9.59 Å². The molecule has 8 heteroatoms. The van der Waals surface area contributed by atoms with Crippen LogP contribution in [-0.2, 0) is 4.79 Å². The van der Waals surface area contributed by atoms with Gasteiger partial charge in [0, 0.05) is 37.8 Å². The minimum absolute atomic E-state index is 0.00895. The summed E-state index contributed by atoms with van der Waals surface area (Å²) in [7, 11) is 0. The fourth-order valence-corrected chi connectivity index (χ4v) is 5.24. The van der Waals surface area contributed by atoms with E-state index in [0.717, 1.165) is 56.4 Å². The third-order valence-electron chi connectivity index (χ3n) is 5.81. The summed E-state index contributed by atoms with van der Waals surface area (Å²) in [6.07, 6.45) is 3.71. The molecule has 3 aliphatic heterocycles. The first-order valence-corrected chi connectivity index (χ1v) is 10.5. The van der Waals surface area contributed by atoms with Crippen molar-refractivity contribution < 1.29 is 9.59 Å². The van der Waals surface area contributed by atoms with Gasteiger partial charge in [0.05, 0.1) is 15.9 Å². The molecule has 1 unspecified atom stereocenters. The van der Waals surface area contributed by atoms with Gasteiger partial charge >= 0.3 is 0 Å². The zero-order valence-corrected chi connectivity index (χ0v) is 16.4. The molecule has 5 heterocycles. The van der Waals surface area contributed by atoms with Crippen LogP contribution >= 0.6 is 11.3 Å². The van der Waals surface area contributed by atoms with Gasteiger partial charge in [0.15, 0.2) is 0 Å². The number of carbonyl (C=O) groups is 2. The molecule has 0 radical (unpaired) electrons. The number of likely N-dealkylation sites (tertiary alicyclic amines) is 1. The van der Waals surface area contributed by atoms with Gasteiger partial charge in [-0.3, -0.25) is 9.59 Å². The topological polar surface area (TPSA) is 77.6 Å². The van der Waals surface area contributed by atoms with Crippen LogP contribution in [0, 0.1) is 5.41 Å². The SMILES string of the molecule is O=C(Nc1ccc(C(=O)N2CC3(C2)CN(c2ccccn2)C3)s1)C1CCCN1. The van der Waals surface area contributed by atoms with E-state index in [2.05, 4.69) is 20.5 Å². The zero-order chi connectivity index (χ0) is 19.1. The quantitative estimate of drug-likeness (QED) is 0.823. The molecular formula is C20H23N5O2S. The van der Waals surface area contributed by atoms with Crippen molar-refractivity contribution in [3.63, 3.8) is 0 Å². The molecule has 5 rings (SSSR count). The lowest BCUT2D eigenvalue weighted by molar-refractivity contribution is -0.117. The molecule has 0 aliphatic carbocycles. The van der Waals surface area contributed by atoms with Gasteiger partial charge in [-0.1, -0.05) is 6.07 Å². The van der Waals surface area contributed by atoms with Crippen LogP contribution in [-0.4, -0.2) is 60.5 Å². The van der Waals surface area contributed by atoms with Crippen molar-refractivity contribution in [2.75, 3.05) is 42.9 Å². The lowest BCUT2D eigenvalue weighted by Gasteiger charge is -2.60. The van der Waals surface area contributed by atoms with Crippen LogP contribution in [0.1, 0.15) is 22.5 Å². The molecule has 1 atom stereocenters. The molecule has 2 aromatic heterocycles. The van der Waals surface area contributed by atoms with Crippen molar-refractivity contribution >= 4 is 34.0 Å². The summed E-state index contributed by atoms with van der Waals surface area (Å²) in [5, 5.41) is 6.86. The molecule has 7 nitrogen and oxygen atoms in total. The maximum atomic E-state index is 12.7. The average molecular weight is 398 g/mol. The van der Waals surface area contributed by atoms with Crippen molar-refractivity contribution in [1.29, 1.82) is 0 Å². The van der Waals surface area contributed by atoms with Crippen LogP contribution in [0.5, 0.6) is 0 Å². The molecule has 2 aromatic rings. The second-order valence-electron chi connectivity index (χ2n) is 8.01. The maximum absolute atomic E-state index is 12.7. The summed E-state index contributed by atoms with van der Waals surface area (Å²) in [4.78, 5) is 34.2. The largest absolute Gasteiger partial charge is 0.355 e. The van der Waals surface area contributed by atoms with Gasteiger partial charge in [-0.25, -0.2) is 4.98 Å². The van der Waals surface area contributed by atoms with Gasteiger partial charge in [-0.15, -0.1) is 11.3 Å². The van der Waals surface area contributed by atoms with Gasteiger partial charge in [0.2, 0.25) is 5.91 Å². The second-order valence-corrected chi connectivity index (χ2v) is 9.09. The normalized spacial score (nSPS) is 22.6. The first kappa shape index (κ1) is 17.6. The van der Waals surface area contributed by atoms with E-state index < -0.39 is 0 Å². The smallest absolute Gasteiger partial charge is 0.264 e. The summed E-state index contributed by atoms with van der Waals surface area (Å²) >= 11 is 1.36. The lowest BCUT2D eigenvalue weighted by atomic mass is 9.72. The summed E-state index contributed by atoms with van der Waals surface area (Å²) in [6, 6.07) is 9.47. The van der Waals surface area contributed by atoms with E-state index in [4.69, 9.17) is 0 Å². The summed E-state index contributed by atoms with van der Waals surface area (Å²) in [6.45, 7) is 4.38. The summed E-state index contributed by atoms with van der Waals surface area (Å²) in [5.74, 6) is 1.06. The third kappa shape index (κ3) is 3.16. The molecule has 3 aliphatic rings. The summed E-state index contributed by atoms with van der Waals surface area (Å²) < 4.78 is 0. The van der Waals surface area contributed by atoms with Crippen molar-refractivity contribution in [2.24, 2.45) is 5.41 Å². The van der Waals surface area contributed by atoms with E-state index in [0.29, 0.717) is 4.88 Å². The minimum Gasteiger partial charge on any atom is -0.355 e. The van der Waals surface area contributed by atoms with Crippen LogP contribution in [0.3, 0.4) is 0 Å². The molecule has 28 heavy (non-hydrogen) atoms. The van der Waals surface area contributed by atoms with Crippen molar-refractivity contribution in [1.82, 2.24) is 15.2 Å². The Morgan fingerprint density at radius 3 is 2.75 bits per heavy atom. The molecule has 0 aromatic carbocycles. The molecule has 0 saturated carbocycles. The monoisotopic (exact) mass is 397 g/mol. The zero-order valence-electron chi connectivity index (χ0n) is 15.6. The molecule has 2 N–H and O–H groups in total. The number of rotatable bonds is 4. The molecule has 3 saturated heterocycles. The van der Waals surface area contributed by atoms with Crippen molar-refractivity contribution in [2.45, 2.75) is 18.9 Å². The Morgan fingerprint density at radius 1 is 1.18 bits per heavy atom. The minimum atomic E-state index is -0.114. The van der Waals surface area contributed by atoms with Crippen LogP contribution in [0.4, 0.5) is 10.8 Å². The first-order chi connectivity index (χ1) is 13.6. The highest BCUT2D eigenvalue weighted by Gasteiger charge is 2.53. The predicted octanol–water partition coefficient (Wildman–Crippen LogP) is 1.80. The molecular weight excluding hydrogens is 374 g/mol. The van der Waals surface area contributed by atoms with Gasteiger partial charge in [0.1, 0.15) is 5.82 Å². The van der Waals surface area contributed by atoms with Gasteiger partial charge in [0.25, 0.3) is 5.91 Å². The Balaban J connectivity index is 1.13. The highest BCUT2D eigenvalue weighted by atomic mass is 32.1. The molecule has 2 amide bonds. The van der Waals surface area contributed by atoms with Gasteiger partial charge in [-0.2, -0.15) is 0 Å². The third-order valence-corrected chi connectivity index (χ3v) is 6.79. The van der Waals surface area contributed by atoms with E-state index in [1.807, 2.05) is 41.4 Å².